The number of esters is 1. The maximum absolute atomic E-state index is 12.8. The zero-order valence-corrected chi connectivity index (χ0v) is 9.67. The van der Waals surface area contributed by atoms with E-state index in [1.165, 1.54) is 6.07 Å². The van der Waals surface area contributed by atoms with Gasteiger partial charge in [-0.2, -0.15) is 0 Å². The van der Waals surface area contributed by atoms with E-state index in [-0.39, 0.29) is 11.8 Å². The molecule has 0 heterocycles. The van der Waals surface area contributed by atoms with Gasteiger partial charge in [0.05, 0.1) is 22.0 Å². The highest BCUT2D eigenvalue weighted by Crippen LogP contribution is 2.12. The lowest BCUT2D eigenvalue weighted by Crippen LogP contribution is -2.06. The fraction of sp³-hybridized carbons (Fsp3) is 0.125. The molecular formula is C8H5FIO2Si. The highest BCUT2D eigenvalue weighted by atomic mass is 127. The minimum Gasteiger partial charge on any atom is -0.467 e. The first kappa shape index (κ1) is 10.6. The van der Waals surface area contributed by atoms with E-state index in [1.54, 1.807) is 6.07 Å². The molecule has 0 N–H and O–H groups in total. The van der Waals surface area contributed by atoms with Crippen LogP contribution in [-0.4, -0.2) is 22.4 Å². The Balaban J connectivity index is 2.94. The summed E-state index contributed by atoms with van der Waals surface area (Å²) < 4.78 is 18.1. The summed E-state index contributed by atoms with van der Waals surface area (Å²) >= 11 is 1.93. The summed E-state index contributed by atoms with van der Waals surface area (Å²) in [5, 5.41) is 0. The minimum atomic E-state index is -0.535. The molecule has 0 saturated heterocycles. The van der Waals surface area contributed by atoms with Crippen LogP contribution in [0, 0.1) is 9.39 Å². The molecule has 13 heavy (non-hydrogen) atoms. The number of carbonyl (C=O) groups is 1. The molecule has 5 heteroatoms. The van der Waals surface area contributed by atoms with E-state index in [0.29, 0.717) is 3.57 Å². The third-order valence-electron chi connectivity index (χ3n) is 1.30. The molecule has 2 nitrogen and oxygen atoms in total. The van der Waals surface area contributed by atoms with Crippen LogP contribution in [0.15, 0.2) is 18.2 Å². The van der Waals surface area contributed by atoms with Crippen LogP contribution in [0.5, 0.6) is 0 Å². The SMILES string of the molecule is O=C(OC[Si])c1cc(F)cc(I)c1. The molecule has 0 atom stereocenters. The molecule has 67 valence electrons. The van der Waals surface area contributed by atoms with Gasteiger partial charge in [-0.1, -0.05) is 0 Å². The van der Waals surface area contributed by atoms with E-state index in [4.69, 9.17) is 0 Å². The molecule has 0 amide bonds. The van der Waals surface area contributed by atoms with E-state index in [9.17, 15) is 9.18 Å². The highest BCUT2D eigenvalue weighted by molar-refractivity contribution is 14.1. The fourth-order valence-corrected chi connectivity index (χ4v) is 1.58. The van der Waals surface area contributed by atoms with E-state index in [2.05, 4.69) is 15.0 Å². The Morgan fingerprint density at radius 1 is 1.54 bits per heavy atom. The molecule has 0 aliphatic heterocycles. The smallest absolute Gasteiger partial charge is 0.337 e. The van der Waals surface area contributed by atoms with Crippen LogP contribution >= 0.6 is 22.6 Å². The lowest BCUT2D eigenvalue weighted by Gasteiger charge is -2.01. The van der Waals surface area contributed by atoms with Crippen LogP contribution in [0.2, 0.25) is 0 Å². The molecule has 0 unspecified atom stereocenters. The summed E-state index contributed by atoms with van der Waals surface area (Å²) in [5.41, 5.74) is 0.225. The number of benzene rings is 1. The minimum absolute atomic E-state index is 0.103. The van der Waals surface area contributed by atoms with Crippen LogP contribution in [0.3, 0.4) is 0 Å². The van der Waals surface area contributed by atoms with Gasteiger partial charge in [0.25, 0.3) is 0 Å². The van der Waals surface area contributed by atoms with Crippen LogP contribution in [0.1, 0.15) is 10.4 Å². The van der Waals surface area contributed by atoms with Gasteiger partial charge >= 0.3 is 5.97 Å². The zero-order valence-electron chi connectivity index (χ0n) is 6.51. The van der Waals surface area contributed by atoms with Crippen LogP contribution < -0.4 is 0 Å². The van der Waals surface area contributed by atoms with Gasteiger partial charge in [-0.05, 0) is 40.8 Å². The second-order valence-electron chi connectivity index (χ2n) is 2.23. The third-order valence-corrected chi connectivity index (χ3v) is 2.07. The molecule has 1 aromatic carbocycles. The molecule has 0 saturated carbocycles. The summed E-state index contributed by atoms with van der Waals surface area (Å²) in [6.45, 7) is 0. The van der Waals surface area contributed by atoms with Crippen molar-refractivity contribution in [3.05, 3.63) is 33.1 Å². The van der Waals surface area contributed by atoms with Gasteiger partial charge in [-0.15, -0.1) is 0 Å². The molecule has 0 bridgehead atoms. The van der Waals surface area contributed by atoms with E-state index >= 15 is 0 Å². The molecule has 0 aliphatic rings. The Kier molecular flexibility index (Phi) is 3.85. The predicted molar refractivity (Wildman–Crippen MR) is 55.2 cm³/mol. The molecule has 0 fully saturated rings. The third kappa shape index (κ3) is 3.07. The van der Waals surface area contributed by atoms with Crippen molar-refractivity contribution in [2.75, 3.05) is 6.23 Å². The van der Waals surface area contributed by atoms with Crippen LogP contribution in [-0.2, 0) is 4.74 Å². The van der Waals surface area contributed by atoms with Crippen molar-refractivity contribution in [1.29, 1.82) is 0 Å². The lowest BCUT2D eigenvalue weighted by atomic mass is 10.2. The van der Waals surface area contributed by atoms with Crippen LogP contribution in [0.25, 0.3) is 0 Å². The normalized spacial score (nSPS) is 9.77. The van der Waals surface area contributed by atoms with Gasteiger partial charge in [-0.3, -0.25) is 0 Å². The largest absolute Gasteiger partial charge is 0.467 e. The van der Waals surface area contributed by atoms with Crippen molar-refractivity contribution in [2.45, 2.75) is 0 Å². The van der Waals surface area contributed by atoms with Crippen molar-refractivity contribution < 1.29 is 13.9 Å². The summed E-state index contributed by atoms with van der Waals surface area (Å²) in [7, 11) is 2.99. The van der Waals surface area contributed by atoms with Crippen molar-refractivity contribution in [1.82, 2.24) is 0 Å². The quantitative estimate of drug-likeness (QED) is 0.472. The van der Waals surface area contributed by atoms with Gasteiger partial charge < -0.3 is 4.74 Å². The molecule has 0 aromatic heterocycles. The van der Waals surface area contributed by atoms with Gasteiger partial charge in [-0.25, -0.2) is 9.18 Å². The van der Waals surface area contributed by atoms with E-state index in [0.717, 1.165) is 6.07 Å². The van der Waals surface area contributed by atoms with E-state index in [1.807, 2.05) is 22.6 Å². The summed E-state index contributed by atoms with van der Waals surface area (Å²) in [4.78, 5) is 11.1. The Labute approximate surface area is 92.0 Å². The number of hydrogen-bond acceptors (Lipinski definition) is 2. The van der Waals surface area contributed by atoms with Crippen LogP contribution in [0.4, 0.5) is 4.39 Å². The summed E-state index contributed by atoms with van der Waals surface area (Å²) in [6, 6.07) is 4.05. The molecule has 1 aromatic rings. The summed E-state index contributed by atoms with van der Waals surface area (Å²) in [5.74, 6) is -0.972. The Morgan fingerprint density at radius 2 is 2.23 bits per heavy atom. The average molecular weight is 307 g/mol. The second-order valence-corrected chi connectivity index (χ2v) is 3.77. The number of carbonyl (C=O) groups excluding carboxylic acids is 1. The van der Waals surface area contributed by atoms with Crippen molar-refractivity contribution in [3.63, 3.8) is 0 Å². The highest BCUT2D eigenvalue weighted by Gasteiger charge is 2.08. The zero-order chi connectivity index (χ0) is 9.84. The van der Waals surface area contributed by atoms with Gasteiger partial charge in [0, 0.05) is 3.57 Å². The first-order chi connectivity index (χ1) is 6.13. The molecular weight excluding hydrogens is 302 g/mol. The van der Waals surface area contributed by atoms with E-state index < -0.39 is 11.8 Å². The number of hydrogen-bond donors (Lipinski definition) is 0. The first-order valence-electron chi connectivity index (χ1n) is 3.41. The van der Waals surface area contributed by atoms with Crippen molar-refractivity contribution >= 4 is 38.8 Å². The average Bonchev–Trinajstić information content (AvgIpc) is 2.03. The monoisotopic (exact) mass is 307 g/mol. The maximum Gasteiger partial charge on any atom is 0.337 e. The van der Waals surface area contributed by atoms with Crippen molar-refractivity contribution in [2.24, 2.45) is 0 Å². The number of halogens is 2. The molecule has 3 radical (unpaired) electrons. The Bertz CT molecular complexity index is 310. The Hall–Kier alpha value is -0.433. The number of rotatable bonds is 2. The van der Waals surface area contributed by atoms with Gasteiger partial charge in [0.1, 0.15) is 5.82 Å². The number of ether oxygens (including phenoxy) is 1. The topological polar surface area (TPSA) is 26.3 Å². The fourth-order valence-electron chi connectivity index (χ4n) is 0.821. The second kappa shape index (κ2) is 4.71. The standard InChI is InChI=1S/C8H5FIO2Si/c9-6-1-5(2-7(10)3-6)8(11)12-4-13/h1-3H,4H2. The Morgan fingerprint density at radius 3 is 2.77 bits per heavy atom. The first-order valence-corrected chi connectivity index (χ1v) is 5.20. The molecule has 0 spiro atoms. The molecule has 1 rings (SSSR count). The predicted octanol–water partition coefficient (Wildman–Crippen LogP) is 1.71. The summed E-state index contributed by atoms with van der Waals surface area (Å²) in [6.07, 6.45) is 0.103. The lowest BCUT2D eigenvalue weighted by molar-refractivity contribution is 0.0573. The van der Waals surface area contributed by atoms with Gasteiger partial charge in [0.2, 0.25) is 0 Å². The molecule has 0 aliphatic carbocycles. The van der Waals surface area contributed by atoms with Gasteiger partial charge in [0.15, 0.2) is 0 Å². The van der Waals surface area contributed by atoms with Crippen molar-refractivity contribution in [3.8, 4) is 0 Å². The maximum atomic E-state index is 12.8.